The first-order valence-electron chi connectivity index (χ1n) is 8.33. The average molecular weight is 290 g/mol. The predicted octanol–water partition coefficient (Wildman–Crippen LogP) is 3.49. The number of nitrogens with zero attached hydrogens (tertiary/aromatic N) is 1. The smallest absolute Gasteiger partial charge is 0.0713 e. The highest BCUT2D eigenvalue weighted by Crippen LogP contribution is 2.30. The van der Waals surface area contributed by atoms with Crippen molar-refractivity contribution < 1.29 is 4.74 Å². The third-order valence-electron chi connectivity index (χ3n) is 4.59. The molecule has 1 heterocycles. The molecule has 118 valence electrons. The summed E-state index contributed by atoms with van der Waals surface area (Å²) in [6.07, 6.45) is 6.54. The molecule has 1 aliphatic heterocycles. The van der Waals surface area contributed by atoms with Gasteiger partial charge in [0.2, 0.25) is 0 Å². The third-order valence-corrected chi connectivity index (χ3v) is 4.59. The van der Waals surface area contributed by atoms with Gasteiger partial charge in [0, 0.05) is 25.7 Å². The average Bonchev–Trinajstić information content (AvgIpc) is 2.52. The zero-order valence-electron chi connectivity index (χ0n) is 13.6. The summed E-state index contributed by atoms with van der Waals surface area (Å²) in [5.74, 6) is 0. The molecule has 2 N–H and O–H groups in total. The summed E-state index contributed by atoms with van der Waals surface area (Å²) < 4.78 is 5.18. The van der Waals surface area contributed by atoms with E-state index in [9.17, 15) is 0 Å². The predicted molar refractivity (Wildman–Crippen MR) is 88.2 cm³/mol. The number of ether oxygens (including phenoxy) is 1. The van der Waals surface area contributed by atoms with E-state index >= 15 is 0 Å². The number of piperidine rings is 1. The topological polar surface area (TPSA) is 38.5 Å². The summed E-state index contributed by atoms with van der Waals surface area (Å²) in [6.45, 7) is 4.84. The van der Waals surface area contributed by atoms with Crippen molar-refractivity contribution in [3.63, 3.8) is 0 Å². The Balaban J connectivity index is 2.12. The van der Waals surface area contributed by atoms with Gasteiger partial charge in [0.25, 0.3) is 0 Å². The minimum absolute atomic E-state index is 0.360. The minimum atomic E-state index is 0.360. The Morgan fingerprint density at radius 1 is 1.29 bits per heavy atom. The molecule has 2 rings (SSSR count). The zero-order chi connectivity index (χ0) is 15.1. The fraction of sp³-hybridized carbons (Fsp3) is 0.667. The van der Waals surface area contributed by atoms with Crippen LogP contribution in [0.15, 0.2) is 24.3 Å². The van der Waals surface area contributed by atoms with Crippen LogP contribution in [0.1, 0.15) is 56.2 Å². The van der Waals surface area contributed by atoms with Crippen LogP contribution in [-0.4, -0.2) is 31.1 Å². The molecule has 0 bridgehead atoms. The number of likely N-dealkylation sites (tertiary alicyclic amines) is 1. The third kappa shape index (κ3) is 4.29. The van der Waals surface area contributed by atoms with Gasteiger partial charge in [0.1, 0.15) is 0 Å². The van der Waals surface area contributed by atoms with E-state index in [1.807, 2.05) is 0 Å². The summed E-state index contributed by atoms with van der Waals surface area (Å²) in [6, 6.07) is 9.85. The first-order valence-corrected chi connectivity index (χ1v) is 8.33. The molecule has 1 aromatic carbocycles. The molecule has 0 spiro atoms. The van der Waals surface area contributed by atoms with Gasteiger partial charge in [-0.25, -0.2) is 0 Å². The van der Waals surface area contributed by atoms with Crippen molar-refractivity contribution in [3.8, 4) is 0 Å². The van der Waals surface area contributed by atoms with Gasteiger partial charge in [0.15, 0.2) is 0 Å². The van der Waals surface area contributed by atoms with Gasteiger partial charge in [-0.05, 0) is 36.9 Å². The van der Waals surface area contributed by atoms with Crippen molar-refractivity contribution in [2.24, 2.45) is 5.73 Å². The molecule has 3 heteroatoms. The van der Waals surface area contributed by atoms with E-state index in [4.69, 9.17) is 10.5 Å². The second-order valence-corrected chi connectivity index (χ2v) is 6.10. The molecular weight excluding hydrogens is 260 g/mol. The summed E-state index contributed by atoms with van der Waals surface area (Å²) in [5.41, 5.74) is 8.69. The van der Waals surface area contributed by atoms with Crippen LogP contribution in [0.5, 0.6) is 0 Å². The molecule has 0 aliphatic carbocycles. The van der Waals surface area contributed by atoms with Gasteiger partial charge >= 0.3 is 0 Å². The molecule has 3 nitrogen and oxygen atoms in total. The summed E-state index contributed by atoms with van der Waals surface area (Å²) in [5, 5.41) is 0. The second-order valence-electron chi connectivity index (χ2n) is 6.10. The molecular formula is C18H30N2O. The number of benzene rings is 1. The summed E-state index contributed by atoms with van der Waals surface area (Å²) in [7, 11) is 1.74. The van der Waals surface area contributed by atoms with Crippen LogP contribution in [0.3, 0.4) is 0 Å². The lowest BCUT2D eigenvalue weighted by Gasteiger charge is -2.41. The van der Waals surface area contributed by atoms with Gasteiger partial charge in [-0.15, -0.1) is 0 Å². The number of rotatable bonds is 7. The Labute approximate surface area is 129 Å². The molecule has 0 saturated carbocycles. The van der Waals surface area contributed by atoms with Crippen LogP contribution in [0.2, 0.25) is 0 Å². The molecule has 0 aromatic heterocycles. The summed E-state index contributed by atoms with van der Waals surface area (Å²) >= 11 is 0. The first-order chi connectivity index (χ1) is 10.3. The van der Waals surface area contributed by atoms with Crippen molar-refractivity contribution in [2.75, 3.05) is 20.2 Å². The molecule has 21 heavy (non-hydrogen) atoms. The van der Waals surface area contributed by atoms with Crippen LogP contribution in [0.25, 0.3) is 0 Å². The normalized spacial score (nSPS) is 21.4. The van der Waals surface area contributed by atoms with Gasteiger partial charge in [-0.3, -0.25) is 4.90 Å². The maximum absolute atomic E-state index is 6.12. The van der Waals surface area contributed by atoms with Gasteiger partial charge in [0.05, 0.1) is 6.61 Å². The van der Waals surface area contributed by atoms with E-state index in [0.717, 1.165) is 0 Å². The van der Waals surface area contributed by atoms with Crippen LogP contribution < -0.4 is 5.73 Å². The number of hydrogen-bond acceptors (Lipinski definition) is 3. The van der Waals surface area contributed by atoms with E-state index in [0.29, 0.717) is 25.2 Å². The monoisotopic (exact) mass is 290 g/mol. The Bertz CT molecular complexity index is 402. The fourth-order valence-electron chi connectivity index (χ4n) is 3.54. The highest BCUT2D eigenvalue weighted by atomic mass is 16.5. The van der Waals surface area contributed by atoms with Crippen LogP contribution in [0.4, 0.5) is 0 Å². The van der Waals surface area contributed by atoms with Crippen LogP contribution in [0, 0.1) is 0 Å². The van der Waals surface area contributed by atoms with E-state index in [2.05, 4.69) is 36.1 Å². The van der Waals surface area contributed by atoms with Crippen LogP contribution >= 0.6 is 0 Å². The van der Waals surface area contributed by atoms with Crippen molar-refractivity contribution >= 4 is 0 Å². The Morgan fingerprint density at radius 2 is 2.05 bits per heavy atom. The molecule has 1 aromatic rings. The minimum Gasteiger partial charge on any atom is -0.380 e. The number of hydrogen-bond donors (Lipinski definition) is 1. The molecule has 1 aliphatic rings. The lowest BCUT2D eigenvalue weighted by atomic mass is 9.93. The maximum atomic E-state index is 6.12. The number of nitrogens with two attached hydrogens (primary N) is 1. The van der Waals surface area contributed by atoms with E-state index in [-0.39, 0.29) is 0 Å². The molecule has 2 atom stereocenters. The largest absolute Gasteiger partial charge is 0.380 e. The Kier molecular flexibility index (Phi) is 6.68. The van der Waals surface area contributed by atoms with Crippen molar-refractivity contribution in [1.82, 2.24) is 4.90 Å². The van der Waals surface area contributed by atoms with E-state index < -0.39 is 0 Å². The van der Waals surface area contributed by atoms with Gasteiger partial charge < -0.3 is 10.5 Å². The SMILES string of the molecule is CCCC1CCCCN1C(CN)c1ccc(COC)cc1. The quantitative estimate of drug-likeness (QED) is 0.835. The molecule has 0 radical (unpaired) electrons. The lowest BCUT2D eigenvalue weighted by molar-refractivity contribution is 0.0912. The molecule has 1 saturated heterocycles. The van der Waals surface area contributed by atoms with E-state index in [1.54, 1.807) is 7.11 Å². The highest BCUT2D eigenvalue weighted by Gasteiger charge is 2.28. The standard InChI is InChI=1S/C18H30N2O/c1-3-6-17-7-4-5-12-20(17)18(13-19)16-10-8-15(9-11-16)14-21-2/h8-11,17-18H,3-7,12-14,19H2,1-2H3. The fourth-order valence-corrected chi connectivity index (χ4v) is 3.54. The van der Waals surface area contributed by atoms with Gasteiger partial charge in [-0.2, -0.15) is 0 Å². The lowest BCUT2D eigenvalue weighted by Crippen LogP contribution is -2.44. The molecule has 1 fully saturated rings. The highest BCUT2D eigenvalue weighted by molar-refractivity contribution is 5.25. The first kappa shape index (κ1) is 16.5. The second kappa shape index (κ2) is 8.52. The van der Waals surface area contributed by atoms with Gasteiger partial charge in [-0.1, -0.05) is 44.0 Å². The van der Waals surface area contributed by atoms with Crippen molar-refractivity contribution in [1.29, 1.82) is 0 Å². The van der Waals surface area contributed by atoms with Crippen LogP contribution in [-0.2, 0) is 11.3 Å². The number of methoxy groups -OCH3 is 1. The Morgan fingerprint density at radius 3 is 2.67 bits per heavy atom. The van der Waals surface area contributed by atoms with Crippen molar-refractivity contribution in [3.05, 3.63) is 35.4 Å². The summed E-state index contributed by atoms with van der Waals surface area (Å²) in [4.78, 5) is 2.65. The zero-order valence-corrected chi connectivity index (χ0v) is 13.6. The van der Waals surface area contributed by atoms with Crippen molar-refractivity contribution in [2.45, 2.75) is 57.7 Å². The Hall–Kier alpha value is -0.900. The van der Waals surface area contributed by atoms with E-state index in [1.165, 1.54) is 49.8 Å². The molecule has 2 unspecified atom stereocenters. The molecule has 0 amide bonds. The maximum Gasteiger partial charge on any atom is 0.0713 e.